The van der Waals surface area contributed by atoms with Crippen LogP contribution >= 0.6 is 0 Å². The minimum atomic E-state index is -0.383. The monoisotopic (exact) mass is 414 g/mol. The molecule has 3 aromatic rings. The van der Waals surface area contributed by atoms with Crippen LogP contribution in [0.5, 0.6) is 11.5 Å². The van der Waals surface area contributed by atoms with Crippen molar-refractivity contribution >= 4 is 29.1 Å². The lowest BCUT2D eigenvalue weighted by Gasteiger charge is -2.13. The van der Waals surface area contributed by atoms with E-state index < -0.39 is 0 Å². The molecule has 0 bridgehead atoms. The number of hydrogen-bond acceptors (Lipinski definition) is 4. The number of nitrogens with one attached hydrogen (secondary N) is 1. The minimum absolute atomic E-state index is 0.0534. The molecule has 0 aliphatic carbocycles. The second-order valence-electron chi connectivity index (χ2n) is 7.42. The van der Waals surface area contributed by atoms with Gasteiger partial charge in [0.05, 0.1) is 16.8 Å². The predicted molar refractivity (Wildman–Crippen MR) is 119 cm³/mol. The quantitative estimate of drug-likeness (QED) is 0.558. The SMILES string of the molecule is CCC(C)C(=O)Nc1cccc(Oc2ccc3c(c2)C(=O)N(c2ccccc2)C3=O)c1. The van der Waals surface area contributed by atoms with Gasteiger partial charge in [-0.2, -0.15) is 0 Å². The van der Waals surface area contributed by atoms with E-state index in [-0.39, 0.29) is 23.6 Å². The Hall–Kier alpha value is -3.93. The molecule has 1 aliphatic rings. The maximum atomic E-state index is 12.9. The zero-order valence-corrected chi connectivity index (χ0v) is 17.3. The normalized spacial score (nSPS) is 13.7. The van der Waals surface area contributed by atoms with Crippen LogP contribution in [0.15, 0.2) is 72.8 Å². The highest BCUT2D eigenvalue weighted by Crippen LogP contribution is 2.32. The molecule has 31 heavy (non-hydrogen) atoms. The standard InChI is InChI=1S/C25H22N2O4/c1-3-16(2)23(28)26-17-8-7-11-19(14-17)31-20-12-13-21-22(15-20)25(30)27(24(21)29)18-9-5-4-6-10-18/h4-16H,3H2,1-2H3,(H,26,28). The lowest BCUT2D eigenvalue weighted by Crippen LogP contribution is -2.29. The van der Waals surface area contributed by atoms with Gasteiger partial charge in [-0.05, 0) is 48.9 Å². The third-order valence-corrected chi connectivity index (χ3v) is 5.27. The van der Waals surface area contributed by atoms with Crippen LogP contribution in [0.1, 0.15) is 41.0 Å². The Balaban J connectivity index is 1.55. The van der Waals surface area contributed by atoms with Gasteiger partial charge in [-0.15, -0.1) is 0 Å². The molecular formula is C25H22N2O4. The van der Waals surface area contributed by atoms with E-state index >= 15 is 0 Å². The molecule has 0 saturated carbocycles. The smallest absolute Gasteiger partial charge is 0.266 e. The third kappa shape index (κ3) is 4.05. The van der Waals surface area contributed by atoms with Crippen LogP contribution in [-0.2, 0) is 4.79 Å². The number of anilines is 2. The molecule has 0 saturated heterocycles. The van der Waals surface area contributed by atoms with Gasteiger partial charge in [-0.3, -0.25) is 14.4 Å². The molecule has 1 N–H and O–H groups in total. The highest BCUT2D eigenvalue weighted by atomic mass is 16.5. The first-order valence-electron chi connectivity index (χ1n) is 10.1. The summed E-state index contributed by atoms with van der Waals surface area (Å²) in [5.41, 5.74) is 1.80. The molecule has 1 unspecified atom stereocenters. The fraction of sp³-hybridized carbons (Fsp3) is 0.160. The lowest BCUT2D eigenvalue weighted by molar-refractivity contribution is -0.119. The summed E-state index contributed by atoms with van der Waals surface area (Å²) in [7, 11) is 0. The number of hydrogen-bond donors (Lipinski definition) is 1. The van der Waals surface area contributed by atoms with Gasteiger partial charge >= 0.3 is 0 Å². The largest absolute Gasteiger partial charge is 0.457 e. The number of amides is 3. The molecule has 0 radical (unpaired) electrons. The molecule has 1 atom stereocenters. The molecule has 3 aromatic carbocycles. The van der Waals surface area contributed by atoms with E-state index in [1.165, 1.54) is 4.90 Å². The first-order valence-corrected chi connectivity index (χ1v) is 10.1. The number of imide groups is 1. The summed E-state index contributed by atoms with van der Waals surface area (Å²) in [5, 5.41) is 2.87. The van der Waals surface area contributed by atoms with E-state index in [0.717, 1.165) is 6.42 Å². The van der Waals surface area contributed by atoms with Crippen molar-refractivity contribution in [1.29, 1.82) is 0 Å². The van der Waals surface area contributed by atoms with Gasteiger partial charge in [-0.25, -0.2) is 4.90 Å². The summed E-state index contributed by atoms with van der Waals surface area (Å²) >= 11 is 0. The number of ether oxygens (including phenoxy) is 1. The fourth-order valence-electron chi connectivity index (χ4n) is 3.32. The van der Waals surface area contributed by atoms with E-state index in [2.05, 4.69) is 5.32 Å². The summed E-state index contributed by atoms with van der Waals surface area (Å²) in [4.78, 5) is 38.9. The van der Waals surface area contributed by atoms with Crippen molar-refractivity contribution in [1.82, 2.24) is 0 Å². The molecule has 6 heteroatoms. The highest BCUT2D eigenvalue weighted by Gasteiger charge is 2.36. The third-order valence-electron chi connectivity index (χ3n) is 5.27. The van der Waals surface area contributed by atoms with Crippen molar-refractivity contribution in [3.8, 4) is 11.5 Å². The van der Waals surface area contributed by atoms with Gasteiger partial charge in [0, 0.05) is 17.7 Å². The average Bonchev–Trinajstić information content (AvgIpc) is 3.03. The lowest BCUT2D eigenvalue weighted by atomic mass is 10.1. The molecule has 4 rings (SSSR count). The number of fused-ring (bicyclic) bond motifs is 1. The Bertz CT molecular complexity index is 1160. The van der Waals surface area contributed by atoms with E-state index in [4.69, 9.17) is 4.74 Å². The zero-order valence-electron chi connectivity index (χ0n) is 17.3. The number of rotatable bonds is 6. The van der Waals surface area contributed by atoms with Gasteiger partial charge in [0.25, 0.3) is 11.8 Å². The van der Waals surface area contributed by atoms with Crippen LogP contribution < -0.4 is 15.0 Å². The molecule has 0 aromatic heterocycles. The van der Waals surface area contributed by atoms with E-state index in [1.807, 2.05) is 19.9 Å². The van der Waals surface area contributed by atoms with Crippen molar-refractivity contribution in [3.05, 3.63) is 83.9 Å². The van der Waals surface area contributed by atoms with Crippen LogP contribution in [-0.4, -0.2) is 17.7 Å². The van der Waals surface area contributed by atoms with Gasteiger partial charge in [0.1, 0.15) is 11.5 Å². The fourth-order valence-corrected chi connectivity index (χ4v) is 3.32. The first kappa shape index (κ1) is 20.3. The number of carbonyl (C=O) groups is 3. The molecule has 6 nitrogen and oxygen atoms in total. The molecule has 1 heterocycles. The summed E-state index contributed by atoms with van der Waals surface area (Å²) in [6.45, 7) is 3.83. The summed E-state index contributed by atoms with van der Waals surface area (Å²) < 4.78 is 5.90. The molecule has 0 fully saturated rings. The summed E-state index contributed by atoms with van der Waals surface area (Å²) in [5.74, 6) is 0.0669. The van der Waals surface area contributed by atoms with Crippen molar-refractivity contribution in [2.24, 2.45) is 5.92 Å². The molecular weight excluding hydrogens is 392 g/mol. The average molecular weight is 414 g/mol. The van der Waals surface area contributed by atoms with Gasteiger partial charge < -0.3 is 10.1 Å². The molecule has 1 aliphatic heterocycles. The maximum Gasteiger partial charge on any atom is 0.266 e. The maximum absolute atomic E-state index is 12.9. The van der Waals surface area contributed by atoms with Crippen molar-refractivity contribution in [3.63, 3.8) is 0 Å². The van der Waals surface area contributed by atoms with E-state index in [1.54, 1.807) is 66.7 Å². The Morgan fingerprint density at radius 1 is 0.903 bits per heavy atom. The second kappa shape index (κ2) is 8.44. The Morgan fingerprint density at radius 2 is 1.61 bits per heavy atom. The number of benzene rings is 3. The van der Waals surface area contributed by atoms with Crippen molar-refractivity contribution in [2.45, 2.75) is 20.3 Å². The van der Waals surface area contributed by atoms with Crippen LogP contribution in [0.3, 0.4) is 0 Å². The highest BCUT2D eigenvalue weighted by molar-refractivity contribution is 6.34. The Morgan fingerprint density at radius 3 is 2.35 bits per heavy atom. The second-order valence-corrected chi connectivity index (χ2v) is 7.42. The summed E-state index contributed by atoms with van der Waals surface area (Å²) in [6.07, 6.45) is 0.754. The van der Waals surface area contributed by atoms with Gasteiger partial charge in [0.2, 0.25) is 5.91 Å². The number of nitrogens with zero attached hydrogens (tertiary/aromatic N) is 1. The number of carbonyl (C=O) groups excluding carboxylic acids is 3. The first-order chi connectivity index (χ1) is 15.0. The van der Waals surface area contributed by atoms with Crippen LogP contribution in [0, 0.1) is 5.92 Å². The Labute approximate surface area is 180 Å². The Kier molecular flexibility index (Phi) is 5.54. The van der Waals surface area contributed by atoms with Crippen molar-refractivity contribution < 1.29 is 19.1 Å². The molecule has 3 amide bonds. The minimum Gasteiger partial charge on any atom is -0.457 e. The van der Waals surface area contributed by atoms with Crippen LogP contribution in [0.2, 0.25) is 0 Å². The van der Waals surface area contributed by atoms with Crippen LogP contribution in [0.25, 0.3) is 0 Å². The summed E-state index contributed by atoms with van der Waals surface area (Å²) in [6, 6.07) is 20.7. The zero-order chi connectivity index (χ0) is 22.0. The molecule has 0 spiro atoms. The van der Waals surface area contributed by atoms with Crippen molar-refractivity contribution in [2.75, 3.05) is 10.2 Å². The van der Waals surface area contributed by atoms with E-state index in [0.29, 0.717) is 34.0 Å². The molecule has 156 valence electrons. The van der Waals surface area contributed by atoms with Crippen LogP contribution in [0.4, 0.5) is 11.4 Å². The topological polar surface area (TPSA) is 75.7 Å². The van der Waals surface area contributed by atoms with Gasteiger partial charge in [-0.1, -0.05) is 38.1 Å². The number of para-hydroxylation sites is 1. The predicted octanol–water partition coefficient (Wildman–Crippen LogP) is 5.26. The van der Waals surface area contributed by atoms with Gasteiger partial charge in [0.15, 0.2) is 0 Å². The van der Waals surface area contributed by atoms with E-state index in [9.17, 15) is 14.4 Å².